The number of hydrogen-bond donors (Lipinski definition) is 0. The van der Waals surface area contributed by atoms with Crippen LogP contribution in [0.2, 0.25) is 0 Å². The van der Waals surface area contributed by atoms with Crippen LogP contribution in [-0.2, 0) is 0 Å². The van der Waals surface area contributed by atoms with Crippen LogP contribution in [0.3, 0.4) is 0 Å². The van der Waals surface area contributed by atoms with Crippen LogP contribution in [0.25, 0.3) is 40.4 Å². The number of halogens is 1. The summed E-state index contributed by atoms with van der Waals surface area (Å²) < 4.78 is 29.1. The van der Waals surface area contributed by atoms with Gasteiger partial charge >= 0.3 is 6.96 Å². The maximum absolute atomic E-state index is 16.2. The summed E-state index contributed by atoms with van der Waals surface area (Å²) in [6.07, 6.45) is 0. The fourth-order valence-electron chi connectivity index (χ4n) is 5.55. The van der Waals surface area contributed by atoms with Crippen molar-refractivity contribution < 1.29 is 18.2 Å². The lowest BCUT2D eigenvalue weighted by atomic mass is 10.00. The Bertz CT molecular complexity index is 2080. The standard InChI is InChI=1S/C32H24BFN2O2S4/c1-17-9-11-39-29(17)31-19(3)13-27(41-31)21-5-7-25-23(15-21)35-36-24-16-22(6-8-26(24)38-33(36,34)37-25)28-14-20(4)32(42-28)30-18(2)10-12-40-30/h5-16H,1-4H3. The lowest BCUT2D eigenvalue weighted by molar-refractivity contribution is -0.411. The van der Waals surface area contributed by atoms with Crippen molar-refractivity contribution in [2.75, 3.05) is 0 Å². The smallest absolute Gasteiger partial charge is 0.588 e. The molecule has 1 unspecified atom stereocenters. The monoisotopic (exact) mass is 626 g/mol. The third kappa shape index (κ3) is 4.04. The number of thiophene rings is 4. The van der Waals surface area contributed by atoms with Crippen LogP contribution < -0.4 is 9.31 Å². The maximum atomic E-state index is 16.2. The van der Waals surface area contributed by atoms with Crippen LogP contribution in [-0.4, -0.2) is 11.6 Å². The molecule has 0 radical (unpaired) electrons. The minimum atomic E-state index is -3.33. The summed E-state index contributed by atoms with van der Waals surface area (Å²) in [7, 11) is 0. The van der Waals surface area contributed by atoms with E-state index in [1.165, 1.54) is 46.4 Å². The van der Waals surface area contributed by atoms with Crippen molar-refractivity contribution in [1.29, 1.82) is 0 Å². The zero-order chi connectivity index (χ0) is 28.7. The second-order valence-corrected chi connectivity index (χ2v) is 14.7. The Hall–Kier alpha value is -3.57. The van der Waals surface area contributed by atoms with Gasteiger partial charge in [-0.1, -0.05) is 0 Å². The van der Waals surface area contributed by atoms with Crippen LogP contribution in [0.4, 0.5) is 15.7 Å². The van der Waals surface area contributed by atoms with Crippen molar-refractivity contribution >= 4 is 63.7 Å². The van der Waals surface area contributed by atoms with Gasteiger partial charge in [0, 0.05) is 35.3 Å². The minimum Gasteiger partial charge on any atom is -0.588 e. The quantitative estimate of drug-likeness (QED) is 0.183. The summed E-state index contributed by atoms with van der Waals surface area (Å²) in [5.74, 6) is 0.795. The number of nitrogens with zero attached hydrogens (tertiary/aromatic N) is 2. The molecule has 0 spiro atoms. The highest BCUT2D eigenvalue weighted by atomic mass is 32.1. The molecule has 0 fully saturated rings. The molecule has 6 aromatic rings. The molecular weight excluding hydrogens is 602 g/mol. The van der Waals surface area contributed by atoms with E-state index in [-0.39, 0.29) is 0 Å². The molecule has 8 rings (SSSR count). The van der Waals surface area contributed by atoms with E-state index < -0.39 is 6.96 Å². The molecule has 2 aliphatic rings. The molecule has 208 valence electrons. The summed E-state index contributed by atoms with van der Waals surface area (Å²) >= 11 is 7.04. The SMILES string of the molecule is Cc1ccsc1-c1sc(-c2ccc3c(c2)N=[N+]2c4cc(-c5cc(C)c(-c6sccc6C)s5)ccc4O[B-]2(F)O3)cc1C. The second kappa shape index (κ2) is 9.47. The first-order valence-corrected chi connectivity index (χ1v) is 17.0. The van der Waals surface area contributed by atoms with E-state index in [1.807, 2.05) is 30.3 Å². The highest BCUT2D eigenvalue weighted by Crippen LogP contribution is 2.50. The molecule has 4 nitrogen and oxygen atoms in total. The average molecular weight is 627 g/mol. The van der Waals surface area contributed by atoms with E-state index in [9.17, 15) is 0 Å². The molecule has 0 aliphatic carbocycles. The molecule has 6 heterocycles. The molecule has 10 heteroatoms. The molecule has 0 saturated heterocycles. The molecule has 0 bridgehead atoms. The number of rotatable bonds is 4. The van der Waals surface area contributed by atoms with Crippen LogP contribution >= 0.6 is 45.3 Å². The normalized spacial score (nSPS) is 16.8. The van der Waals surface area contributed by atoms with Gasteiger partial charge in [-0.2, -0.15) is 4.61 Å². The van der Waals surface area contributed by atoms with Gasteiger partial charge in [-0.3, -0.25) is 0 Å². The fraction of sp³-hybridized carbons (Fsp3) is 0.125. The van der Waals surface area contributed by atoms with Gasteiger partial charge in [0.2, 0.25) is 5.69 Å². The van der Waals surface area contributed by atoms with Gasteiger partial charge in [0.05, 0.1) is 0 Å². The molecule has 1 atom stereocenters. The minimum absolute atomic E-state index is 0.373. The van der Waals surface area contributed by atoms with E-state index in [2.05, 4.69) is 62.7 Å². The van der Waals surface area contributed by atoms with Crippen molar-refractivity contribution in [2.24, 2.45) is 5.11 Å². The Morgan fingerprint density at radius 2 is 1.19 bits per heavy atom. The molecule has 42 heavy (non-hydrogen) atoms. The van der Waals surface area contributed by atoms with Crippen LogP contribution in [0.5, 0.6) is 11.5 Å². The van der Waals surface area contributed by atoms with Gasteiger partial charge in [0.15, 0.2) is 5.69 Å². The summed E-state index contributed by atoms with van der Waals surface area (Å²) in [6.45, 7) is 5.25. The van der Waals surface area contributed by atoms with Gasteiger partial charge in [-0.25, -0.2) is 0 Å². The first-order chi connectivity index (χ1) is 20.3. The number of azo groups is 1. The summed E-state index contributed by atoms with van der Waals surface area (Å²) in [6, 6.07) is 20.2. The van der Waals surface area contributed by atoms with Gasteiger partial charge in [-0.05, 0) is 132 Å². The summed E-state index contributed by atoms with van der Waals surface area (Å²) in [4.78, 5) is 7.41. The number of hydrogen-bond acceptors (Lipinski definition) is 7. The van der Waals surface area contributed by atoms with E-state index >= 15 is 4.32 Å². The lowest BCUT2D eigenvalue weighted by Gasteiger charge is -2.25. The topological polar surface area (TPSA) is 33.8 Å². The highest BCUT2D eigenvalue weighted by Gasteiger charge is 2.61. The molecule has 0 amide bonds. The number of benzene rings is 2. The summed E-state index contributed by atoms with van der Waals surface area (Å²) in [5.41, 5.74) is 8.19. The third-order valence-corrected chi connectivity index (χ3v) is 12.7. The molecular formula is C32H24BFN2O2S4. The third-order valence-electron chi connectivity index (χ3n) is 7.76. The molecule has 4 aromatic heterocycles. The van der Waals surface area contributed by atoms with Crippen molar-refractivity contribution in [3.63, 3.8) is 0 Å². The van der Waals surface area contributed by atoms with Crippen molar-refractivity contribution in [3.05, 3.63) is 93.7 Å². The predicted octanol–water partition coefficient (Wildman–Crippen LogP) is 11.5. The molecule has 2 aromatic carbocycles. The number of aryl methyl sites for hydroxylation is 4. The van der Waals surface area contributed by atoms with Gasteiger partial charge in [0.25, 0.3) is 0 Å². The molecule has 2 aliphatic heterocycles. The summed E-state index contributed by atoms with van der Waals surface area (Å²) in [5, 5.41) is 9.02. The van der Waals surface area contributed by atoms with Crippen LogP contribution in [0, 0.1) is 27.7 Å². The lowest BCUT2D eigenvalue weighted by Crippen LogP contribution is -2.50. The Balaban J connectivity index is 1.18. The zero-order valence-corrected chi connectivity index (χ0v) is 26.5. The largest absolute Gasteiger partial charge is 0.881 e. The average Bonchev–Trinajstić information content (AvgIpc) is 3.78. The fourth-order valence-corrected chi connectivity index (χ4v) is 10.3. The number of fused-ring (bicyclic) bond motifs is 4. The first kappa shape index (κ1) is 26.1. The predicted molar refractivity (Wildman–Crippen MR) is 175 cm³/mol. The van der Waals surface area contributed by atoms with Gasteiger partial charge in [-0.15, -0.1) is 45.3 Å². The van der Waals surface area contributed by atoms with Crippen molar-refractivity contribution in [3.8, 4) is 51.9 Å². The van der Waals surface area contributed by atoms with Gasteiger partial charge in [0.1, 0.15) is 11.5 Å². The highest BCUT2D eigenvalue weighted by molar-refractivity contribution is 7.24. The molecule has 0 saturated carbocycles. The Morgan fingerprint density at radius 3 is 1.76 bits per heavy atom. The first-order valence-electron chi connectivity index (χ1n) is 13.6. The van der Waals surface area contributed by atoms with Crippen molar-refractivity contribution in [1.82, 2.24) is 0 Å². The van der Waals surface area contributed by atoms with E-state index in [4.69, 9.17) is 14.4 Å². The molecule has 0 N–H and O–H groups in total. The maximum Gasteiger partial charge on any atom is 0.881 e. The Morgan fingerprint density at radius 1 is 0.643 bits per heavy atom. The van der Waals surface area contributed by atoms with E-state index in [0.717, 1.165) is 20.9 Å². The van der Waals surface area contributed by atoms with Crippen LogP contribution in [0.1, 0.15) is 22.3 Å². The Kier molecular flexibility index (Phi) is 5.88. The zero-order valence-electron chi connectivity index (χ0n) is 23.2. The van der Waals surface area contributed by atoms with E-state index in [0.29, 0.717) is 22.9 Å². The second-order valence-electron chi connectivity index (χ2n) is 10.7. The van der Waals surface area contributed by atoms with Crippen molar-refractivity contribution in [2.45, 2.75) is 27.7 Å². The Labute approximate surface area is 259 Å². The van der Waals surface area contributed by atoms with E-state index in [1.54, 1.807) is 51.4 Å². The van der Waals surface area contributed by atoms with Crippen LogP contribution in [0.15, 0.2) is 76.5 Å². The van der Waals surface area contributed by atoms with Gasteiger partial charge < -0.3 is 13.6 Å².